The molecule has 1 aromatic carbocycles. The van der Waals surface area contributed by atoms with E-state index >= 15 is 0 Å². The maximum absolute atomic E-state index is 3.74. The number of rotatable bonds is 1. The van der Waals surface area contributed by atoms with Crippen LogP contribution in [0.1, 0.15) is 44.7 Å². The Kier molecular flexibility index (Phi) is 2.38. The van der Waals surface area contributed by atoms with Crippen molar-refractivity contribution in [2.45, 2.75) is 51.6 Å². The van der Waals surface area contributed by atoms with Crippen LogP contribution in [0.15, 0.2) is 24.3 Å². The summed E-state index contributed by atoms with van der Waals surface area (Å²) in [5.74, 6) is 0. The molecule has 0 amide bonds. The van der Waals surface area contributed by atoms with Crippen molar-refractivity contribution in [3.05, 3.63) is 35.4 Å². The van der Waals surface area contributed by atoms with Crippen molar-refractivity contribution in [2.24, 2.45) is 0 Å². The van der Waals surface area contributed by atoms with E-state index in [1.165, 1.54) is 24.0 Å². The van der Waals surface area contributed by atoms with Crippen LogP contribution in [0.5, 0.6) is 0 Å². The third-order valence-corrected chi connectivity index (χ3v) is 3.55. The third kappa shape index (κ3) is 2.07. The molecule has 15 heavy (non-hydrogen) atoms. The van der Waals surface area contributed by atoms with Crippen LogP contribution in [0.4, 0.5) is 0 Å². The second-order valence-corrected chi connectivity index (χ2v) is 5.71. The van der Waals surface area contributed by atoms with Crippen LogP contribution < -0.4 is 5.32 Å². The summed E-state index contributed by atoms with van der Waals surface area (Å²) in [5.41, 5.74) is 3.19. The molecule has 1 nitrogen and oxygen atoms in total. The van der Waals surface area contributed by atoms with Gasteiger partial charge in [0.15, 0.2) is 0 Å². The Morgan fingerprint density at radius 3 is 2.07 bits per heavy atom. The van der Waals surface area contributed by atoms with Gasteiger partial charge in [-0.3, -0.25) is 0 Å². The lowest BCUT2D eigenvalue weighted by Gasteiger charge is -2.29. The van der Waals surface area contributed by atoms with Crippen molar-refractivity contribution in [3.63, 3.8) is 0 Å². The van der Waals surface area contributed by atoms with Crippen LogP contribution in [0, 0.1) is 6.92 Å². The second kappa shape index (κ2) is 3.34. The van der Waals surface area contributed by atoms with E-state index in [1.54, 1.807) is 0 Å². The number of aryl methyl sites for hydroxylation is 1. The van der Waals surface area contributed by atoms with Gasteiger partial charge in [0.2, 0.25) is 0 Å². The highest BCUT2D eigenvalue weighted by Gasteiger charge is 2.39. The molecule has 0 radical (unpaired) electrons. The first-order chi connectivity index (χ1) is 6.91. The normalized spacial score (nSPS) is 29.3. The lowest BCUT2D eigenvalue weighted by Crippen LogP contribution is -2.43. The van der Waals surface area contributed by atoms with E-state index in [0.717, 1.165) is 0 Å². The zero-order chi connectivity index (χ0) is 11.1. The average Bonchev–Trinajstić information content (AvgIpc) is 2.43. The first-order valence-corrected chi connectivity index (χ1v) is 5.78. The summed E-state index contributed by atoms with van der Waals surface area (Å²) in [4.78, 5) is 0. The van der Waals surface area contributed by atoms with Crippen LogP contribution in [-0.2, 0) is 5.54 Å². The molecule has 1 heteroatoms. The average molecular weight is 203 g/mol. The molecule has 0 bridgehead atoms. The Hall–Kier alpha value is -0.820. The lowest BCUT2D eigenvalue weighted by molar-refractivity contribution is 0.353. The molecule has 0 aliphatic carbocycles. The number of hydrogen-bond acceptors (Lipinski definition) is 1. The summed E-state index contributed by atoms with van der Waals surface area (Å²) in [6.07, 6.45) is 2.47. The smallest absolute Gasteiger partial charge is 0.0410 e. The van der Waals surface area contributed by atoms with Gasteiger partial charge >= 0.3 is 0 Å². The van der Waals surface area contributed by atoms with E-state index in [1.807, 2.05) is 0 Å². The van der Waals surface area contributed by atoms with Crippen molar-refractivity contribution >= 4 is 0 Å². The minimum absolute atomic E-state index is 0.164. The first-order valence-electron chi connectivity index (χ1n) is 5.78. The van der Waals surface area contributed by atoms with Gasteiger partial charge in [-0.25, -0.2) is 0 Å². The molecule has 1 saturated heterocycles. The second-order valence-electron chi connectivity index (χ2n) is 5.71. The molecule has 1 N–H and O–H groups in total. The van der Waals surface area contributed by atoms with Gasteiger partial charge in [-0.15, -0.1) is 0 Å². The van der Waals surface area contributed by atoms with E-state index < -0.39 is 0 Å². The largest absolute Gasteiger partial charge is 0.303 e. The van der Waals surface area contributed by atoms with Crippen molar-refractivity contribution in [1.29, 1.82) is 0 Å². The van der Waals surface area contributed by atoms with Crippen molar-refractivity contribution in [1.82, 2.24) is 5.32 Å². The highest BCUT2D eigenvalue weighted by Crippen LogP contribution is 2.37. The van der Waals surface area contributed by atoms with E-state index in [4.69, 9.17) is 0 Å². The quantitative estimate of drug-likeness (QED) is 0.738. The zero-order valence-electron chi connectivity index (χ0n) is 10.2. The standard InChI is InChI=1S/C14H21N/c1-11-5-7-12(8-6-11)14(4)10-9-13(2,3)15-14/h5-8,15H,9-10H2,1-4H3. The Bertz CT molecular complexity index is 350. The fourth-order valence-electron chi connectivity index (χ4n) is 2.57. The van der Waals surface area contributed by atoms with Crippen LogP contribution in [0.3, 0.4) is 0 Å². The van der Waals surface area contributed by atoms with Crippen LogP contribution in [0.25, 0.3) is 0 Å². The third-order valence-electron chi connectivity index (χ3n) is 3.55. The van der Waals surface area contributed by atoms with E-state index in [9.17, 15) is 0 Å². The molecule has 1 atom stereocenters. The maximum atomic E-state index is 3.74. The summed E-state index contributed by atoms with van der Waals surface area (Å²) in [5, 5.41) is 3.74. The first kappa shape index (κ1) is 10.7. The molecule has 0 saturated carbocycles. The zero-order valence-corrected chi connectivity index (χ0v) is 10.2. The molecule has 2 rings (SSSR count). The van der Waals surface area contributed by atoms with Gasteiger partial charge in [-0.2, -0.15) is 0 Å². The van der Waals surface area contributed by atoms with Gasteiger partial charge in [0.25, 0.3) is 0 Å². The van der Waals surface area contributed by atoms with Gasteiger partial charge < -0.3 is 5.32 Å². The fourth-order valence-corrected chi connectivity index (χ4v) is 2.57. The monoisotopic (exact) mass is 203 g/mol. The summed E-state index contributed by atoms with van der Waals surface area (Å²) in [6.45, 7) is 9.02. The van der Waals surface area contributed by atoms with Crippen molar-refractivity contribution < 1.29 is 0 Å². The van der Waals surface area contributed by atoms with Gasteiger partial charge in [-0.05, 0) is 46.1 Å². The number of benzene rings is 1. The summed E-state index contributed by atoms with van der Waals surface area (Å²) < 4.78 is 0. The van der Waals surface area contributed by atoms with E-state index in [0.29, 0.717) is 0 Å². The minimum atomic E-state index is 0.164. The topological polar surface area (TPSA) is 12.0 Å². The van der Waals surface area contributed by atoms with E-state index in [2.05, 4.69) is 57.3 Å². The Labute approximate surface area is 92.9 Å². The molecular weight excluding hydrogens is 182 g/mol. The maximum Gasteiger partial charge on any atom is 0.0410 e. The van der Waals surface area contributed by atoms with Crippen molar-refractivity contribution in [3.8, 4) is 0 Å². The van der Waals surface area contributed by atoms with Crippen LogP contribution in [0.2, 0.25) is 0 Å². The molecule has 1 fully saturated rings. The molecule has 1 aliphatic heterocycles. The number of nitrogens with one attached hydrogen (secondary N) is 1. The molecule has 1 unspecified atom stereocenters. The summed E-state index contributed by atoms with van der Waals surface area (Å²) in [7, 11) is 0. The van der Waals surface area contributed by atoms with Gasteiger partial charge in [0.1, 0.15) is 0 Å². The molecule has 82 valence electrons. The van der Waals surface area contributed by atoms with Gasteiger partial charge in [-0.1, -0.05) is 29.8 Å². The van der Waals surface area contributed by atoms with Gasteiger partial charge in [0, 0.05) is 11.1 Å². The van der Waals surface area contributed by atoms with Crippen LogP contribution >= 0.6 is 0 Å². The van der Waals surface area contributed by atoms with E-state index in [-0.39, 0.29) is 11.1 Å². The Balaban J connectivity index is 2.27. The highest BCUT2D eigenvalue weighted by atomic mass is 15.1. The molecule has 1 aliphatic rings. The lowest BCUT2D eigenvalue weighted by atomic mass is 9.90. The summed E-state index contributed by atoms with van der Waals surface area (Å²) in [6, 6.07) is 8.91. The van der Waals surface area contributed by atoms with Crippen molar-refractivity contribution in [2.75, 3.05) is 0 Å². The number of hydrogen-bond donors (Lipinski definition) is 1. The molecule has 0 aromatic heterocycles. The Morgan fingerprint density at radius 1 is 1.00 bits per heavy atom. The predicted octanol–water partition coefficient (Wildman–Crippen LogP) is 3.37. The Morgan fingerprint density at radius 2 is 1.60 bits per heavy atom. The molecule has 1 aromatic rings. The highest BCUT2D eigenvalue weighted by molar-refractivity contribution is 5.29. The minimum Gasteiger partial charge on any atom is -0.303 e. The molecule has 0 spiro atoms. The molecule has 1 heterocycles. The SMILES string of the molecule is Cc1ccc(C2(C)CCC(C)(C)N2)cc1. The summed E-state index contributed by atoms with van der Waals surface area (Å²) >= 11 is 0. The van der Waals surface area contributed by atoms with Crippen LogP contribution in [-0.4, -0.2) is 5.54 Å². The predicted molar refractivity (Wildman–Crippen MR) is 65.0 cm³/mol. The fraction of sp³-hybridized carbons (Fsp3) is 0.571. The van der Waals surface area contributed by atoms with Gasteiger partial charge in [0.05, 0.1) is 0 Å². The molecular formula is C14H21N.